The van der Waals surface area contributed by atoms with Crippen molar-refractivity contribution in [3.05, 3.63) is 30.3 Å². The molecule has 18 heavy (non-hydrogen) atoms. The summed E-state index contributed by atoms with van der Waals surface area (Å²) in [5, 5.41) is 0.455. The monoisotopic (exact) mass is 321 g/mol. The fraction of sp³-hybridized carbons (Fsp3) is 0.417. The second kappa shape index (κ2) is 8.02. The highest BCUT2D eigenvalue weighted by Gasteiger charge is 2.17. The Morgan fingerprint density at radius 3 is 2.56 bits per heavy atom. The van der Waals surface area contributed by atoms with E-state index in [0.717, 1.165) is 4.90 Å². The average molecular weight is 322 g/mol. The molecular formula is C12H14BrF2NO2. The van der Waals surface area contributed by atoms with Gasteiger partial charge in [-0.25, -0.2) is 8.78 Å². The van der Waals surface area contributed by atoms with Gasteiger partial charge in [0.2, 0.25) is 0 Å². The van der Waals surface area contributed by atoms with Gasteiger partial charge < -0.3 is 9.64 Å². The molecule has 0 saturated carbocycles. The fourth-order valence-electron chi connectivity index (χ4n) is 1.34. The number of nitrogens with zero attached hydrogens (tertiary/aromatic N) is 1. The summed E-state index contributed by atoms with van der Waals surface area (Å²) < 4.78 is 29.8. The Labute approximate surface area is 113 Å². The van der Waals surface area contributed by atoms with Gasteiger partial charge in [-0.3, -0.25) is 4.79 Å². The van der Waals surface area contributed by atoms with Crippen LogP contribution in [-0.2, 0) is 4.79 Å². The highest BCUT2D eigenvalue weighted by molar-refractivity contribution is 9.09. The van der Waals surface area contributed by atoms with E-state index in [9.17, 15) is 13.6 Å². The molecule has 0 N–H and O–H groups in total. The number of hydrogen-bond acceptors (Lipinski definition) is 2. The third-order valence-corrected chi connectivity index (χ3v) is 2.53. The minimum Gasteiger partial charge on any atom is -0.484 e. The summed E-state index contributed by atoms with van der Waals surface area (Å²) in [4.78, 5) is 12.8. The van der Waals surface area contributed by atoms with Crippen molar-refractivity contribution in [1.29, 1.82) is 0 Å². The molecule has 100 valence electrons. The summed E-state index contributed by atoms with van der Waals surface area (Å²) in [7, 11) is 0. The lowest BCUT2D eigenvalue weighted by atomic mass is 10.3. The van der Waals surface area contributed by atoms with Gasteiger partial charge in [0.25, 0.3) is 12.3 Å². The second-order valence-corrected chi connectivity index (χ2v) is 4.31. The zero-order chi connectivity index (χ0) is 13.4. The highest BCUT2D eigenvalue weighted by atomic mass is 79.9. The number of halogens is 3. The van der Waals surface area contributed by atoms with Crippen molar-refractivity contribution < 1.29 is 18.3 Å². The molecule has 0 aliphatic carbocycles. The normalized spacial score (nSPS) is 10.4. The van der Waals surface area contributed by atoms with Crippen LogP contribution in [0.25, 0.3) is 0 Å². The highest BCUT2D eigenvalue weighted by Crippen LogP contribution is 2.09. The number of carbonyl (C=O) groups excluding carboxylic acids is 1. The minimum absolute atomic E-state index is 0.232. The standard InChI is InChI=1S/C12H14BrF2NO2/c13-6-7-16(8-11(14)15)12(17)9-18-10-4-2-1-3-5-10/h1-5,11H,6-9H2. The molecule has 0 spiro atoms. The van der Waals surface area contributed by atoms with E-state index < -0.39 is 18.9 Å². The van der Waals surface area contributed by atoms with Crippen molar-refractivity contribution in [2.24, 2.45) is 0 Å². The van der Waals surface area contributed by atoms with Gasteiger partial charge in [0.05, 0.1) is 6.54 Å². The van der Waals surface area contributed by atoms with Crippen molar-refractivity contribution in [1.82, 2.24) is 4.90 Å². The van der Waals surface area contributed by atoms with Crippen LogP contribution in [0.5, 0.6) is 5.75 Å². The number of carbonyl (C=O) groups is 1. The first-order valence-electron chi connectivity index (χ1n) is 5.43. The third kappa shape index (κ3) is 5.44. The molecule has 1 rings (SSSR count). The van der Waals surface area contributed by atoms with Crippen LogP contribution < -0.4 is 4.74 Å². The molecule has 0 unspecified atom stereocenters. The van der Waals surface area contributed by atoms with Gasteiger partial charge >= 0.3 is 0 Å². The lowest BCUT2D eigenvalue weighted by Gasteiger charge is -2.21. The fourth-order valence-corrected chi connectivity index (χ4v) is 1.77. The number of amides is 1. The predicted molar refractivity (Wildman–Crippen MR) is 68.3 cm³/mol. The minimum atomic E-state index is -2.54. The van der Waals surface area contributed by atoms with Crippen molar-refractivity contribution in [2.75, 3.05) is 25.0 Å². The lowest BCUT2D eigenvalue weighted by molar-refractivity contribution is -0.135. The smallest absolute Gasteiger partial charge is 0.260 e. The first kappa shape index (κ1) is 14.9. The van der Waals surface area contributed by atoms with Crippen LogP contribution in [0.2, 0.25) is 0 Å². The lowest BCUT2D eigenvalue weighted by Crippen LogP contribution is -2.39. The summed E-state index contributed by atoms with van der Waals surface area (Å²) >= 11 is 3.12. The van der Waals surface area contributed by atoms with Crippen LogP contribution in [0.4, 0.5) is 8.78 Å². The quantitative estimate of drug-likeness (QED) is 0.722. The summed E-state index contributed by atoms with van der Waals surface area (Å²) in [6.07, 6.45) is -2.54. The number of hydrogen-bond donors (Lipinski definition) is 0. The van der Waals surface area contributed by atoms with Gasteiger partial charge in [-0.1, -0.05) is 34.1 Å². The Balaban J connectivity index is 2.46. The summed E-state index contributed by atoms with van der Waals surface area (Å²) in [5.74, 6) is 0.0975. The summed E-state index contributed by atoms with van der Waals surface area (Å²) in [6, 6.07) is 8.78. The Bertz CT molecular complexity index is 362. The van der Waals surface area contributed by atoms with Gasteiger partial charge in [0.15, 0.2) is 6.61 Å². The molecule has 0 aromatic heterocycles. The van der Waals surface area contributed by atoms with Crippen molar-refractivity contribution in [3.63, 3.8) is 0 Å². The first-order chi connectivity index (χ1) is 8.63. The maximum Gasteiger partial charge on any atom is 0.260 e. The number of alkyl halides is 3. The van der Waals surface area contributed by atoms with E-state index in [-0.39, 0.29) is 13.2 Å². The van der Waals surface area contributed by atoms with Crippen LogP contribution in [0.15, 0.2) is 30.3 Å². The second-order valence-electron chi connectivity index (χ2n) is 3.52. The molecule has 0 bridgehead atoms. The molecule has 0 aliphatic heterocycles. The molecule has 3 nitrogen and oxygen atoms in total. The van der Waals surface area contributed by atoms with E-state index in [0.29, 0.717) is 11.1 Å². The number of ether oxygens (including phenoxy) is 1. The predicted octanol–water partition coefficient (Wildman–Crippen LogP) is 2.55. The number of benzene rings is 1. The van der Waals surface area contributed by atoms with E-state index in [4.69, 9.17) is 4.74 Å². The molecule has 0 fully saturated rings. The maximum absolute atomic E-state index is 12.3. The zero-order valence-electron chi connectivity index (χ0n) is 9.69. The summed E-state index contributed by atoms with van der Waals surface area (Å²) in [5.41, 5.74) is 0. The summed E-state index contributed by atoms with van der Waals surface area (Å²) in [6.45, 7) is -0.562. The van der Waals surface area contributed by atoms with Crippen LogP contribution >= 0.6 is 15.9 Å². The molecule has 6 heteroatoms. The molecular weight excluding hydrogens is 308 g/mol. The van der Waals surface area contributed by atoms with Crippen LogP contribution in [0.3, 0.4) is 0 Å². The number of rotatable bonds is 7. The maximum atomic E-state index is 12.3. The van der Waals surface area contributed by atoms with Gasteiger partial charge in [-0.15, -0.1) is 0 Å². The third-order valence-electron chi connectivity index (χ3n) is 2.17. The van der Waals surface area contributed by atoms with E-state index >= 15 is 0 Å². The van der Waals surface area contributed by atoms with Crippen molar-refractivity contribution in [2.45, 2.75) is 6.43 Å². The van der Waals surface area contributed by atoms with E-state index in [1.807, 2.05) is 6.07 Å². The first-order valence-corrected chi connectivity index (χ1v) is 6.55. The van der Waals surface area contributed by atoms with Crippen molar-refractivity contribution in [3.8, 4) is 5.75 Å². The van der Waals surface area contributed by atoms with E-state index in [2.05, 4.69) is 15.9 Å². The van der Waals surface area contributed by atoms with E-state index in [1.54, 1.807) is 24.3 Å². The average Bonchev–Trinajstić information content (AvgIpc) is 2.36. The van der Waals surface area contributed by atoms with Gasteiger partial charge in [-0.2, -0.15) is 0 Å². The zero-order valence-corrected chi connectivity index (χ0v) is 11.3. The molecule has 1 aromatic carbocycles. The van der Waals surface area contributed by atoms with Gasteiger partial charge in [0.1, 0.15) is 5.75 Å². The SMILES string of the molecule is O=C(COc1ccccc1)N(CCBr)CC(F)F. The molecule has 0 aliphatic rings. The molecule has 0 heterocycles. The Morgan fingerprint density at radius 1 is 1.33 bits per heavy atom. The van der Waals surface area contributed by atoms with Gasteiger partial charge in [0, 0.05) is 11.9 Å². The Kier molecular flexibility index (Phi) is 6.64. The van der Waals surface area contributed by atoms with Crippen LogP contribution in [0.1, 0.15) is 0 Å². The van der Waals surface area contributed by atoms with Gasteiger partial charge in [-0.05, 0) is 12.1 Å². The Hall–Kier alpha value is -1.17. The molecule has 1 amide bonds. The van der Waals surface area contributed by atoms with Crippen LogP contribution in [-0.4, -0.2) is 42.3 Å². The molecule has 1 aromatic rings. The number of para-hydroxylation sites is 1. The van der Waals surface area contributed by atoms with Crippen LogP contribution in [0, 0.1) is 0 Å². The topological polar surface area (TPSA) is 29.5 Å². The molecule has 0 saturated heterocycles. The molecule has 0 radical (unpaired) electrons. The Morgan fingerprint density at radius 2 is 2.00 bits per heavy atom. The van der Waals surface area contributed by atoms with Crippen molar-refractivity contribution >= 4 is 21.8 Å². The van der Waals surface area contributed by atoms with E-state index in [1.165, 1.54) is 0 Å². The molecule has 0 atom stereocenters. The largest absolute Gasteiger partial charge is 0.484 e.